The van der Waals surface area contributed by atoms with E-state index >= 15 is 0 Å². The van der Waals surface area contributed by atoms with Crippen molar-refractivity contribution in [2.24, 2.45) is 0 Å². The van der Waals surface area contributed by atoms with E-state index in [1.807, 2.05) is 12.1 Å². The summed E-state index contributed by atoms with van der Waals surface area (Å²) < 4.78 is 0. The van der Waals surface area contributed by atoms with Crippen molar-refractivity contribution >= 4 is 11.6 Å². The summed E-state index contributed by atoms with van der Waals surface area (Å²) in [4.78, 5) is 0. The molecule has 0 radical (unpaired) electrons. The molecule has 0 spiro atoms. The SMILES string of the molecule is CCC=C(CC)C(O)c1ccc(Cl)cc1. The molecule has 0 saturated carbocycles. The molecule has 0 aromatic heterocycles. The zero-order chi connectivity index (χ0) is 11.3. The van der Waals surface area contributed by atoms with Crippen LogP contribution in [0.25, 0.3) is 0 Å². The molecule has 0 aliphatic rings. The van der Waals surface area contributed by atoms with Gasteiger partial charge in [-0.3, -0.25) is 0 Å². The van der Waals surface area contributed by atoms with Crippen LogP contribution < -0.4 is 0 Å². The third kappa shape index (κ3) is 3.37. The molecule has 0 bridgehead atoms. The van der Waals surface area contributed by atoms with Gasteiger partial charge in [0.2, 0.25) is 0 Å². The first-order valence-corrected chi connectivity index (χ1v) is 5.69. The van der Waals surface area contributed by atoms with Gasteiger partial charge in [-0.05, 0) is 36.1 Å². The summed E-state index contributed by atoms with van der Waals surface area (Å²) in [6.07, 6.45) is 3.41. The van der Waals surface area contributed by atoms with Crippen LogP contribution in [-0.4, -0.2) is 5.11 Å². The Balaban J connectivity index is 2.87. The highest BCUT2D eigenvalue weighted by atomic mass is 35.5. The maximum absolute atomic E-state index is 10.1. The number of rotatable bonds is 4. The maximum atomic E-state index is 10.1. The molecule has 1 rings (SSSR count). The molecule has 1 nitrogen and oxygen atoms in total. The molecule has 1 N–H and O–H groups in total. The van der Waals surface area contributed by atoms with Crippen LogP contribution >= 0.6 is 11.6 Å². The summed E-state index contributed by atoms with van der Waals surface area (Å²) in [7, 11) is 0. The van der Waals surface area contributed by atoms with E-state index in [4.69, 9.17) is 11.6 Å². The van der Waals surface area contributed by atoms with Gasteiger partial charge >= 0.3 is 0 Å². The van der Waals surface area contributed by atoms with Crippen LogP contribution in [0.15, 0.2) is 35.9 Å². The highest BCUT2D eigenvalue weighted by Crippen LogP contribution is 2.25. The molecule has 0 heterocycles. The van der Waals surface area contributed by atoms with Crippen molar-refractivity contribution in [2.45, 2.75) is 32.8 Å². The number of hydrogen-bond donors (Lipinski definition) is 1. The molecule has 2 heteroatoms. The van der Waals surface area contributed by atoms with Gasteiger partial charge in [-0.2, -0.15) is 0 Å². The van der Waals surface area contributed by atoms with Gasteiger partial charge < -0.3 is 5.11 Å². The summed E-state index contributed by atoms with van der Waals surface area (Å²) in [5.74, 6) is 0. The maximum Gasteiger partial charge on any atom is 0.100 e. The summed E-state index contributed by atoms with van der Waals surface area (Å²) in [6.45, 7) is 4.13. The van der Waals surface area contributed by atoms with Crippen molar-refractivity contribution < 1.29 is 5.11 Å². The Kier molecular flexibility index (Phi) is 4.86. The van der Waals surface area contributed by atoms with Crippen molar-refractivity contribution in [3.05, 3.63) is 46.5 Å². The molecule has 0 aliphatic heterocycles. The normalized spacial score (nSPS) is 14.0. The van der Waals surface area contributed by atoms with E-state index in [-0.39, 0.29) is 0 Å². The summed E-state index contributed by atoms with van der Waals surface area (Å²) in [5.41, 5.74) is 1.97. The molecule has 1 aromatic rings. The van der Waals surface area contributed by atoms with Crippen molar-refractivity contribution in [1.82, 2.24) is 0 Å². The Labute approximate surface area is 96.4 Å². The highest BCUT2D eigenvalue weighted by molar-refractivity contribution is 6.30. The number of allylic oxidation sites excluding steroid dienone is 1. The van der Waals surface area contributed by atoms with Gasteiger partial charge in [-0.15, -0.1) is 0 Å². The Morgan fingerprint density at radius 1 is 1.33 bits per heavy atom. The fourth-order valence-corrected chi connectivity index (χ4v) is 1.70. The predicted octanol–water partition coefficient (Wildman–Crippen LogP) is 4.12. The van der Waals surface area contributed by atoms with Gasteiger partial charge in [0.05, 0.1) is 0 Å². The molecule has 1 unspecified atom stereocenters. The number of benzene rings is 1. The summed E-state index contributed by atoms with van der Waals surface area (Å²) in [5, 5.41) is 10.8. The van der Waals surface area contributed by atoms with Crippen molar-refractivity contribution in [2.75, 3.05) is 0 Å². The molecule has 1 aromatic carbocycles. The average Bonchev–Trinajstić information content (AvgIpc) is 2.26. The quantitative estimate of drug-likeness (QED) is 0.763. The second kappa shape index (κ2) is 5.94. The summed E-state index contributed by atoms with van der Waals surface area (Å²) in [6, 6.07) is 7.34. The smallest absolute Gasteiger partial charge is 0.100 e. The standard InChI is InChI=1S/C13H17ClO/c1-3-5-10(4-2)13(15)11-6-8-12(14)9-7-11/h5-9,13,15H,3-4H2,1-2H3. The lowest BCUT2D eigenvalue weighted by molar-refractivity contribution is 0.211. The van der Waals surface area contributed by atoms with E-state index in [0.717, 1.165) is 24.0 Å². The molecule has 0 amide bonds. The minimum Gasteiger partial charge on any atom is -0.384 e. The van der Waals surface area contributed by atoms with E-state index in [1.54, 1.807) is 12.1 Å². The van der Waals surface area contributed by atoms with Crippen molar-refractivity contribution in [1.29, 1.82) is 0 Å². The van der Waals surface area contributed by atoms with Crippen LogP contribution in [0.1, 0.15) is 38.4 Å². The van der Waals surface area contributed by atoms with Crippen LogP contribution in [-0.2, 0) is 0 Å². The first kappa shape index (κ1) is 12.3. The van der Waals surface area contributed by atoms with E-state index in [0.29, 0.717) is 5.02 Å². The lowest BCUT2D eigenvalue weighted by atomic mass is 9.99. The number of hydrogen-bond acceptors (Lipinski definition) is 1. The van der Waals surface area contributed by atoms with E-state index in [1.165, 1.54) is 0 Å². The fourth-order valence-electron chi connectivity index (χ4n) is 1.57. The molecule has 0 saturated heterocycles. The Hall–Kier alpha value is -0.790. The van der Waals surface area contributed by atoms with Gasteiger partial charge in [0.25, 0.3) is 0 Å². The first-order chi connectivity index (χ1) is 7.19. The topological polar surface area (TPSA) is 20.2 Å². The second-order valence-corrected chi connectivity index (χ2v) is 3.93. The van der Waals surface area contributed by atoms with Gasteiger partial charge in [0.1, 0.15) is 6.10 Å². The monoisotopic (exact) mass is 224 g/mol. The van der Waals surface area contributed by atoms with Crippen LogP contribution in [0.4, 0.5) is 0 Å². The fraction of sp³-hybridized carbons (Fsp3) is 0.385. The zero-order valence-electron chi connectivity index (χ0n) is 9.20. The zero-order valence-corrected chi connectivity index (χ0v) is 9.96. The average molecular weight is 225 g/mol. The van der Waals surface area contributed by atoms with Crippen LogP contribution in [0, 0.1) is 0 Å². The van der Waals surface area contributed by atoms with E-state index in [9.17, 15) is 5.11 Å². The Morgan fingerprint density at radius 3 is 2.40 bits per heavy atom. The van der Waals surface area contributed by atoms with E-state index < -0.39 is 6.10 Å². The molecule has 1 atom stereocenters. The molecule has 15 heavy (non-hydrogen) atoms. The molecule has 0 aliphatic carbocycles. The Bertz CT molecular complexity index is 327. The molecule has 82 valence electrons. The van der Waals surface area contributed by atoms with Crippen LogP contribution in [0.2, 0.25) is 5.02 Å². The summed E-state index contributed by atoms with van der Waals surface area (Å²) >= 11 is 5.79. The first-order valence-electron chi connectivity index (χ1n) is 5.31. The van der Waals surface area contributed by atoms with Gasteiger partial charge in [-0.25, -0.2) is 0 Å². The van der Waals surface area contributed by atoms with Gasteiger partial charge in [0, 0.05) is 5.02 Å². The largest absolute Gasteiger partial charge is 0.384 e. The molecular formula is C13H17ClO. The number of halogens is 1. The van der Waals surface area contributed by atoms with Crippen molar-refractivity contribution in [3.63, 3.8) is 0 Å². The van der Waals surface area contributed by atoms with Gasteiger partial charge in [-0.1, -0.05) is 43.7 Å². The Morgan fingerprint density at radius 2 is 1.93 bits per heavy atom. The second-order valence-electron chi connectivity index (χ2n) is 3.49. The van der Waals surface area contributed by atoms with Gasteiger partial charge in [0.15, 0.2) is 0 Å². The number of aliphatic hydroxyl groups is 1. The molecule has 0 fully saturated rings. The van der Waals surface area contributed by atoms with Crippen LogP contribution in [0.3, 0.4) is 0 Å². The minimum atomic E-state index is -0.493. The van der Waals surface area contributed by atoms with Crippen LogP contribution in [0.5, 0.6) is 0 Å². The number of aliphatic hydroxyl groups excluding tert-OH is 1. The van der Waals surface area contributed by atoms with E-state index in [2.05, 4.69) is 19.9 Å². The highest BCUT2D eigenvalue weighted by Gasteiger charge is 2.10. The third-order valence-electron chi connectivity index (χ3n) is 2.41. The predicted molar refractivity (Wildman–Crippen MR) is 65.1 cm³/mol. The molecular weight excluding hydrogens is 208 g/mol. The minimum absolute atomic E-state index is 0.493. The van der Waals surface area contributed by atoms with Crippen molar-refractivity contribution in [3.8, 4) is 0 Å². The lowest BCUT2D eigenvalue weighted by Crippen LogP contribution is -2.00. The lowest BCUT2D eigenvalue weighted by Gasteiger charge is -2.14. The third-order valence-corrected chi connectivity index (χ3v) is 2.66.